The zero-order chi connectivity index (χ0) is 12.8. The Bertz CT molecular complexity index is 313. The summed E-state index contributed by atoms with van der Waals surface area (Å²) in [6.45, 7) is 2.71. The van der Waals surface area contributed by atoms with E-state index in [1.54, 1.807) is 4.90 Å². The van der Waals surface area contributed by atoms with Gasteiger partial charge in [0.2, 0.25) is 5.91 Å². The molecule has 3 amide bonds. The number of carbonyl (C=O) groups excluding carboxylic acids is 2. The number of nitrogens with one attached hydrogen (secondary N) is 2. The van der Waals surface area contributed by atoms with Crippen LogP contribution in [0.3, 0.4) is 0 Å². The summed E-state index contributed by atoms with van der Waals surface area (Å²) in [6, 6.07) is -1.62. The smallest absolute Gasteiger partial charge is 0.325 e. The fraction of sp³-hybridized carbons (Fsp3) is 0.700. The summed E-state index contributed by atoms with van der Waals surface area (Å²) in [4.78, 5) is 34.9. The van der Waals surface area contributed by atoms with Crippen LogP contribution in [0.5, 0.6) is 0 Å². The summed E-state index contributed by atoms with van der Waals surface area (Å²) < 4.78 is 0. The van der Waals surface area contributed by atoms with Crippen molar-refractivity contribution in [2.45, 2.75) is 25.8 Å². The van der Waals surface area contributed by atoms with E-state index in [0.717, 1.165) is 25.9 Å². The van der Waals surface area contributed by atoms with Crippen LogP contribution in [0.2, 0.25) is 0 Å². The second-order valence-electron chi connectivity index (χ2n) is 3.97. The third-order valence-corrected chi connectivity index (χ3v) is 2.58. The van der Waals surface area contributed by atoms with Crippen molar-refractivity contribution in [1.29, 1.82) is 0 Å². The highest BCUT2D eigenvalue weighted by Gasteiger charge is 2.19. The second kappa shape index (κ2) is 6.07. The van der Waals surface area contributed by atoms with Crippen LogP contribution in [-0.2, 0) is 9.59 Å². The summed E-state index contributed by atoms with van der Waals surface area (Å²) in [7, 11) is 0. The van der Waals surface area contributed by atoms with Crippen molar-refractivity contribution < 1.29 is 19.5 Å². The molecule has 0 aliphatic carbocycles. The van der Waals surface area contributed by atoms with Gasteiger partial charge in [-0.25, -0.2) is 4.79 Å². The van der Waals surface area contributed by atoms with Gasteiger partial charge in [-0.05, 0) is 19.8 Å². The Balaban J connectivity index is 2.23. The third-order valence-electron chi connectivity index (χ3n) is 2.58. The zero-order valence-corrected chi connectivity index (χ0v) is 9.73. The number of carbonyl (C=O) groups is 3. The largest absolute Gasteiger partial charge is 0.480 e. The minimum atomic E-state index is -1.12. The highest BCUT2D eigenvalue weighted by molar-refractivity contribution is 5.86. The van der Waals surface area contributed by atoms with Crippen molar-refractivity contribution in [2.75, 3.05) is 19.6 Å². The van der Waals surface area contributed by atoms with Crippen molar-refractivity contribution in [3.63, 3.8) is 0 Å². The lowest BCUT2D eigenvalue weighted by Gasteiger charge is -2.16. The average Bonchev–Trinajstić information content (AvgIpc) is 2.79. The molecule has 1 saturated heterocycles. The maximum absolute atomic E-state index is 11.5. The molecule has 0 radical (unpaired) electrons. The van der Waals surface area contributed by atoms with Crippen LogP contribution in [0.25, 0.3) is 0 Å². The molecule has 0 saturated carbocycles. The summed E-state index contributed by atoms with van der Waals surface area (Å²) >= 11 is 0. The van der Waals surface area contributed by atoms with E-state index in [2.05, 4.69) is 10.6 Å². The monoisotopic (exact) mass is 243 g/mol. The molecule has 1 fully saturated rings. The predicted octanol–water partition coefficient (Wildman–Crippen LogP) is -0.619. The van der Waals surface area contributed by atoms with Crippen LogP contribution >= 0.6 is 0 Å². The first-order valence-corrected chi connectivity index (χ1v) is 5.55. The standard InChI is InChI=1S/C10H17N3O4/c1-7(9(15)16)12-10(17)11-6-8(14)13-4-2-3-5-13/h7H,2-6H2,1H3,(H,15,16)(H2,11,12,17). The van der Waals surface area contributed by atoms with E-state index in [1.165, 1.54) is 6.92 Å². The van der Waals surface area contributed by atoms with Gasteiger partial charge in [-0.3, -0.25) is 9.59 Å². The number of hydrogen-bond acceptors (Lipinski definition) is 3. The SMILES string of the molecule is CC(NC(=O)NCC(=O)N1CCCC1)C(=O)O. The molecule has 0 aromatic heterocycles. The number of likely N-dealkylation sites (tertiary alicyclic amines) is 1. The van der Waals surface area contributed by atoms with Crippen LogP contribution in [0.1, 0.15) is 19.8 Å². The normalized spacial score (nSPS) is 16.4. The summed E-state index contributed by atoms with van der Waals surface area (Å²) in [5.41, 5.74) is 0. The van der Waals surface area contributed by atoms with Crippen LogP contribution < -0.4 is 10.6 Å². The van der Waals surface area contributed by atoms with Gasteiger partial charge < -0.3 is 20.6 Å². The van der Waals surface area contributed by atoms with Gasteiger partial charge in [-0.15, -0.1) is 0 Å². The van der Waals surface area contributed by atoms with E-state index < -0.39 is 18.0 Å². The lowest BCUT2D eigenvalue weighted by molar-refractivity contribution is -0.138. The molecule has 0 aromatic carbocycles. The molecule has 1 heterocycles. The third kappa shape index (κ3) is 4.29. The van der Waals surface area contributed by atoms with Crippen LogP contribution in [0.4, 0.5) is 4.79 Å². The molecule has 0 spiro atoms. The van der Waals surface area contributed by atoms with E-state index in [4.69, 9.17) is 5.11 Å². The number of nitrogens with zero attached hydrogens (tertiary/aromatic N) is 1. The van der Waals surface area contributed by atoms with E-state index >= 15 is 0 Å². The minimum Gasteiger partial charge on any atom is -0.480 e. The predicted molar refractivity (Wildman–Crippen MR) is 59.4 cm³/mol. The van der Waals surface area contributed by atoms with Crippen molar-refractivity contribution in [3.05, 3.63) is 0 Å². The molecule has 7 heteroatoms. The van der Waals surface area contributed by atoms with E-state index in [9.17, 15) is 14.4 Å². The first-order chi connectivity index (χ1) is 8.00. The maximum atomic E-state index is 11.5. The van der Waals surface area contributed by atoms with Crippen LogP contribution in [0, 0.1) is 0 Å². The fourth-order valence-corrected chi connectivity index (χ4v) is 1.54. The number of aliphatic carboxylic acids is 1. The molecule has 0 aromatic rings. The Hall–Kier alpha value is -1.79. The summed E-state index contributed by atoms with van der Waals surface area (Å²) in [6.07, 6.45) is 1.99. The van der Waals surface area contributed by atoms with Gasteiger partial charge in [0.15, 0.2) is 0 Å². The van der Waals surface area contributed by atoms with Crippen molar-refractivity contribution in [1.82, 2.24) is 15.5 Å². The van der Waals surface area contributed by atoms with Crippen LogP contribution in [0.15, 0.2) is 0 Å². The van der Waals surface area contributed by atoms with Crippen molar-refractivity contribution in [2.24, 2.45) is 0 Å². The number of amides is 3. The Morgan fingerprint density at radius 1 is 1.29 bits per heavy atom. The Labute approximate surface area is 99.2 Å². The molecule has 17 heavy (non-hydrogen) atoms. The molecular formula is C10H17N3O4. The number of urea groups is 1. The number of carboxylic acids is 1. The quantitative estimate of drug-likeness (QED) is 0.613. The van der Waals surface area contributed by atoms with E-state index in [0.29, 0.717) is 0 Å². The van der Waals surface area contributed by atoms with Gasteiger partial charge in [0, 0.05) is 13.1 Å². The molecule has 1 aliphatic rings. The van der Waals surface area contributed by atoms with Gasteiger partial charge in [0.05, 0.1) is 6.54 Å². The number of rotatable bonds is 4. The zero-order valence-electron chi connectivity index (χ0n) is 9.73. The molecule has 1 unspecified atom stereocenters. The summed E-state index contributed by atoms with van der Waals surface area (Å²) in [5, 5.41) is 13.1. The maximum Gasteiger partial charge on any atom is 0.325 e. The highest BCUT2D eigenvalue weighted by atomic mass is 16.4. The van der Waals surface area contributed by atoms with Gasteiger partial charge in [-0.2, -0.15) is 0 Å². The van der Waals surface area contributed by atoms with E-state index in [-0.39, 0.29) is 12.5 Å². The second-order valence-corrected chi connectivity index (χ2v) is 3.97. The number of hydrogen-bond donors (Lipinski definition) is 3. The minimum absolute atomic E-state index is 0.0990. The van der Waals surface area contributed by atoms with Gasteiger partial charge in [0.1, 0.15) is 6.04 Å². The lowest BCUT2D eigenvalue weighted by Crippen LogP contribution is -2.47. The lowest BCUT2D eigenvalue weighted by atomic mass is 10.3. The van der Waals surface area contributed by atoms with Crippen molar-refractivity contribution in [3.8, 4) is 0 Å². The van der Waals surface area contributed by atoms with Crippen LogP contribution in [-0.4, -0.2) is 53.6 Å². The van der Waals surface area contributed by atoms with E-state index in [1.807, 2.05) is 0 Å². The van der Waals surface area contributed by atoms with Gasteiger partial charge in [0.25, 0.3) is 0 Å². The molecule has 96 valence electrons. The molecule has 1 atom stereocenters. The molecule has 1 rings (SSSR count). The fourth-order valence-electron chi connectivity index (χ4n) is 1.54. The average molecular weight is 243 g/mol. The first kappa shape index (κ1) is 13.3. The van der Waals surface area contributed by atoms with Crippen molar-refractivity contribution >= 4 is 17.9 Å². The molecule has 0 bridgehead atoms. The van der Waals surface area contributed by atoms with Gasteiger partial charge in [-0.1, -0.05) is 0 Å². The first-order valence-electron chi connectivity index (χ1n) is 5.55. The highest BCUT2D eigenvalue weighted by Crippen LogP contribution is 2.06. The number of carboxylic acid groups (broad SMARTS) is 1. The molecule has 3 N–H and O–H groups in total. The topological polar surface area (TPSA) is 98.7 Å². The Morgan fingerprint density at radius 2 is 1.88 bits per heavy atom. The Kier molecular flexibility index (Phi) is 4.74. The molecular weight excluding hydrogens is 226 g/mol. The Morgan fingerprint density at radius 3 is 2.41 bits per heavy atom. The molecule has 7 nitrogen and oxygen atoms in total. The summed E-state index contributed by atoms with van der Waals surface area (Å²) in [5.74, 6) is -1.26. The van der Waals surface area contributed by atoms with Gasteiger partial charge >= 0.3 is 12.0 Å². The molecule has 1 aliphatic heterocycles.